The molecule has 1 aromatic heterocycles. The molecule has 0 spiro atoms. The molecular formula is C11H9BrCl2N2O2S2. The van der Waals surface area contributed by atoms with Crippen LogP contribution < -0.4 is 10.5 Å². The second-order valence-electron chi connectivity index (χ2n) is 3.98. The van der Waals surface area contributed by atoms with Gasteiger partial charge in [0.25, 0.3) is 10.0 Å². The molecule has 108 valence electrons. The van der Waals surface area contributed by atoms with E-state index < -0.39 is 10.0 Å². The summed E-state index contributed by atoms with van der Waals surface area (Å²) in [7, 11) is -3.82. The van der Waals surface area contributed by atoms with Crippen molar-refractivity contribution in [1.82, 2.24) is 0 Å². The fourth-order valence-electron chi connectivity index (χ4n) is 1.48. The van der Waals surface area contributed by atoms with Crippen molar-refractivity contribution in [3.8, 4) is 0 Å². The Morgan fingerprint density at radius 3 is 2.50 bits per heavy atom. The first-order valence-corrected chi connectivity index (χ1v) is 9.09. The molecule has 0 saturated heterocycles. The minimum absolute atomic E-state index is 0.0554. The summed E-state index contributed by atoms with van der Waals surface area (Å²) in [5, 5.41) is 0. The van der Waals surface area contributed by atoms with Gasteiger partial charge in [-0.3, -0.25) is 4.72 Å². The number of sulfonamides is 1. The maximum Gasteiger partial charge on any atom is 0.264 e. The predicted octanol–water partition coefficient (Wildman–Crippen LogP) is 4.51. The molecule has 20 heavy (non-hydrogen) atoms. The highest BCUT2D eigenvalue weighted by Crippen LogP contribution is 2.36. The average Bonchev–Trinajstić information content (AvgIpc) is 2.66. The van der Waals surface area contributed by atoms with Crippen molar-refractivity contribution in [2.75, 3.05) is 10.5 Å². The maximum absolute atomic E-state index is 12.3. The van der Waals surface area contributed by atoms with E-state index in [0.717, 1.165) is 16.9 Å². The SMILES string of the molecule is Cc1cc(Br)c(NS(=O)(=O)c2cc(Cl)sc2Cl)cc1N. The Kier molecular flexibility index (Phi) is 4.56. The third-order valence-corrected chi connectivity index (χ3v) is 6.29. The fourth-order valence-corrected chi connectivity index (χ4v) is 5.39. The summed E-state index contributed by atoms with van der Waals surface area (Å²) < 4.78 is 28.0. The standard InChI is InChI=1S/C11H9BrCl2N2O2S2/c1-5-2-6(12)8(3-7(5)15)16-20(17,18)9-4-10(13)19-11(9)14/h2-4,16H,15H2,1H3. The van der Waals surface area contributed by atoms with Crippen LogP contribution in [0.2, 0.25) is 8.67 Å². The zero-order valence-corrected chi connectivity index (χ0v) is 14.8. The fraction of sp³-hybridized carbons (Fsp3) is 0.0909. The maximum atomic E-state index is 12.3. The number of aryl methyl sites for hydroxylation is 1. The summed E-state index contributed by atoms with van der Waals surface area (Å²) in [6.45, 7) is 1.83. The van der Waals surface area contributed by atoms with Crippen molar-refractivity contribution in [1.29, 1.82) is 0 Å². The van der Waals surface area contributed by atoms with Crippen LogP contribution in [-0.2, 0) is 10.0 Å². The lowest BCUT2D eigenvalue weighted by atomic mass is 10.2. The van der Waals surface area contributed by atoms with E-state index in [1.807, 2.05) is 6.92 Å². The van der Waals surface area contributed by atoms with Crippen molar-refractivity contribution in [3.63, 3.8) is 0 Å². The predicted molar refractivity (Wildman–Crippen MR) is 88.4 cm³/mol. The quantitative estimate of drug-likeness (QED) is 0.724. The number of halogens is 3. The molecule has 0 bridgehead atoms. The van der Waals surface area contributed by atoms with Gasteiger partial charge in [0.05, 0.1) is 10.0 Å². The van der Waals surface area contributed by atoms with Crippen molar-refractivity contribution in [3.05, 3.63) is 36.9 Å². The third-order valence-electron chi connectivity index (χ3n) is 2.51. The summed E-state index contributed by atoms with van der Waals surface area (Å²) in [5.74, 6) is 0. The Balaban J connectivity index is 2.43. The zero-order valence-electron chi connectivity index (χ0n) is 10.1. The van der Waals surface area contributed by atoms with Crippen molar-refractivity contribution in [2.24, 2.45) is 0 Å². The smallest absolute Gasteiger partial charge is 0.264 e. The van der Waals surface area contributed by atoms with Gasteiger partial charge in [-0.1, -0.05) is 23.2 Å². The number of rotatable bonds is 3. The van der Waals surface area contributed by atoms with E-state index in [9.17, 15) is 8.42 Å². The Morgan fingerprint density at radius 1 is 1.30 bits per heavy atom. The van der Waals surface area contributed by atoms with Gasteiger partial charge in [-0.25, -0.2) is 8.42 Å². The molecular weight excluding hydrogens is 407 g/mol. The van der Waals surface area contributed by atoms with Gasteiger partial charge in [0.15, 0.2) is 0 Å². The van der Waals surface area contributed by atoms with Gasteiger partial charge in [0.1, 0.15) is 9.23 Å². The van der Waals surface area contributed by atoms with E-state index in [1.165, 1.54) is 6.07 Å². The van der Waals surface area contributed by atoms with E-state index in [-0.39, 0.29) is 9.23 Å². The molecule has 9 heteroatoms. The van der Waals surface area contributed by atoms with Crippen LogP contribution in [0, 0.1) is 6.92 Å². The summed E-state index contributed by atoms with van der Waals surface area (Å²) in [6.07, 6.45) is 0. The van der Waals surface area contributed by atoms with Crippen LogP contribution >= 0.6 is 50.5 Å². The van der Waals surface area contributed by atoms with E-state index in [4.69, 9.17) is 28.9 Å². The molecule has 1 aromatic carbocycles. The first-order valence-electron chi connectivity index (χ1n) is 5.24. The van der Waals surface area contributed by atoms with Crippen molar-refractivity contribution >= 4 is 71.9 Å². The molecule has 0 radical (unpaired) electrons. The number of nitrogens with two attached hydrogens (primary N) is 1. The topological polar surface area (TPSA) is 72.2 Å². The van der Waals surface area contributed by atoms with Gasteiger partial charge < -0.3 is 5.73 Å². The van der Waals surface area contributed by atoms with Gasteiger partial charge >= 0.3 is 0 Å². The van der Waals surface area contributed by atoms with Crippen LogP contribution in [0.15, 0.2) is 27.6 Å². The number of thiophene rings is 1. The lowest BCUT2D eigenvalue weighted by Gasteiger charge is -2.11. The van der Waals surface area contributed by atoms with Crippen LogP contribution in [0.3, 0.4) is 0 Å². The lowest BCUT2D eigenvalue weighted by molar-refractivity contribution is 0.601. The van der Waals surface area contributed by atoms with Crippen LogP contribution in [0.25, 0.3) is 0 Å². The number of hydrogen-bond donors (Lipinski definition) is 2. The first kappa shape index (κ1) is 15.9. The number of nitrogen functional groups attached to an aromatic ring is 1. The molecule has 2 rings (SSSR count). The molecule has 2 aromatic rings. The summed E-state index contributed by atoms with van der Waals surface area (Å²) >= 11 is 15.9. The largest absolute Gasteiger partial charge is 0.398 e. The Hall–Kier alpha value is -0.470. The molecule has 0 amide bonds. The van der Waals surface area contributed by atoms with Gasteiger partial charge in [-0.05, 0) is 46.6 Å². The van der Waals surface area contributed by atoms with Crippen molar-refractivity contribution in [2.45, 2.75) is 11.8 Å². The number of anilines is 2. The molecule has 0 atom stereocenters. The van der Waals surface area contributed by atoms with Crippen LogP contribution in [0.1, 0.15) is 5.56 Å². The van der Waals surface area contributed by atoms with E-state index in [2.05, 4.69) is 20.7 Å². The molecule has 0 unspecified atom stereocenters. The highest BCUT2D eigenvalue weighted by atomic mass is 79.9. The lowest BCUT2D eigenvalue weighted by Crippen LogP contribution is -2.13. The summed E-state index contributed by atoms with van der Waals surface area (Å²) in [5.41, 5.74) is 7.45. The molecule has 0 saturated carbocycles. The van der Waals surface area contributed by atoms with Crippen LogP contribution in [-0.4, -0.2) is 8.42 Å². The van der Waals surface area contributed by atoms with Crippen molar-refractivity contribution < 1.29 is 8.42 Å². The molecule has 0 aliphatic rings. The first-order chi connectivity index (χ1) is 9.20. The highest BCUT2D eigenvalue weighted by molar-refractivity contribution is 9.10. The van der Waals surface area contributed by atoms with Crippen LogP contribution in [0.5, 0.6) is 0 Å². The highest BCUT2D eigenvalue weighted by Gasteiger charge is 2.22. The Bertz CT molecular complexity index is 775. The molecule has 0 aliphatic carbocycles. The number of hydrogen-bond acceptors (Lipinski definition) is 4. The monoisotopic (exact) mass is 414 g/mol. The molecule has 4 nitrogen and oxygen atoms in total. The van der Waals surface area contributed by atoms with E-state index in [0.29, 0.717) is 20.2 Å². The Morgan fingerprint density at radius 2 is 1.95 bits per heavy atom. The second kappa shape index (κ2) is 5.73. The van der Waals surface area contributed by atoms with Gasteiger partial charge in [-0.2, -0.15) is 0 Å². The second-order valence-corrected chi connectivity index (χ2v) is 8.77. The summed E-state index contributed by atoms with van der Waals surface area (Å²) in [6, 6.07) is 4.58. The average molecular weight is 416 g/mol. The third kappa shape index (κ3) is 3.23. The minimum Gasteiger partial charge on any atom is -0.398 e. The molecule has 3 N–H and O–H groups in total. The minimum atomic E-state index is -3.82. The van der Waals surface area contributed by atoms with Crippen LogP contribution in [0.4, 0.5) is 11.4 Å². The zero-order chi connectivity index (χ0) is 15.1. The van der Waals surface area contributed by atoms with Gasteiger partial charge in [0.2, 0.25) is 0 Å². The number of nitrogens with one attached hydrogen (secondary N) is 1. The normalized spacial score (nSPS) is 11.6. The van der Waals surface area contributed by atoms with E-state index in [1.54, 1.807) is 12.1 Å². The molecule has 0 fully saturated rings. The van der Waals surface area contributed by atoms with E-state index >= 15 is 0 Å². The Labute approximate surface area is 139 Å². The summed E-state index contributed by atoms with van der Waals surface area (Å²) in [4.78, 5) is -0.0554. The molecule has 1 heterocycles. The van der Waals surface area contributed by atoms with Gasteiger partial charge in [-0.15, -0.1) is 11.3 Å². The molecule has 0 aliphatic heterocycles. The van der Waals surface area contributed by atoms with Gasteiger partial charge in [0, 0.05) is 10.2 Å². The number of benzene rings is 1.